The van der Waals surface area contributed by atoms with Crippen LogP contribution in [-0.2, 0) is 13.7 Å². The van der Waals surface area contributed by atoms with Gasteiger partial charge in [0.25, 0.3) is 5.91 Å². The van der Waals surface area contributed by atoms with Crippen molar-refractivity contribution in [3.05, 3.63) is 53.7 Å². The van der Waals surface area contributed by atoms with Gasteiger partial charge in [-0.1, -0.05) is 12.1 Å². The Morgan fingerprint density at radius 2 is 1.96 bits per heavy atom. The van der Waals surface area contributed by atoms with Crippen molar-refractivity contribution >= 4 is 11.6 Å². The number of anilines is 1. The molecule has 2 aromatic carbocycles. The molecular formula is C21H21N3O4. The monoisotopic (exact) mass is 379 g/mol. The van der Waals surface area contributed by atoms with Crippen molar-refractivity contribution in [1.82, 2.24) is 9.78 Å². The highest BCUT2D eigenvalue weighted by atomic mass is 16.5. The van der Waals surface area contributed by atoms with Gasteiger partial charge in [-0.2, -0.15) is 5.10 Å². The standard InChI is InChI=1S/C21H21N3O4/c1-23(16-10-9-13(26-3)11-18(16)27-4)21(25)19-15-12-28-17-8-6-5-7-14(17)20(15)24(2)22-19/h5-11H,12H2,1-4H3. The quantitative estimate of drug-likeness (QED) is 0.696. The highest BCUT2D eigenvalue weighted by Crippen LogP contribution is 2.39. The van der Waals surface area contributed by atoms with Gasteiger partial charge in [-0.15, -0.1) is 0 Å². The molecule has 0 saturated carbocycles. The zero-order valence-corrected chi connectivity index (χ0v) is 16.2. The number of amides is 1. The van der Waals surface area contributed by atoms with Crippen LogP contribution in [-0.4, -0.2) is 37.0 Å². The van der Waals surface area contributed by atoms with Crippen LogP contribution in [0, 0.1) is 0 Å². The molecule has 1 aromatic heterocycles. The normalized spacial score (nSPS) is 11.9. The third-order valence-electron chi connectivity index (χ3n) is 4.91. The Bertz CT molecular complexity index is 1060. The SMILES string of the molecule is COc1ccc(N(C)C(=O)c2nn(C)c3c2COc2ccccc2-3)c(OC)c1. The summed E-state index contributed by atoms with van der Waals surface area (Å²) in [5, 5.41) is 4.51. The second kappa shape index (κ2) is 6.92. The molecule has 0 spiro atoms. The predicted octanol–water partition coefficient (Wildman–Crippen LogP) is 3.27. The molecule has 0 aliphatic carbocycles. The van der Waals surface area contributed by atoms with E-state index in [1.165, 1.54) is 4.90 Å². The van der Waals surface area contributed by atoms with E-state index in [1.807, 2.05) is 31.3 Å². The number of aromatic nitrogens is 2. The van der Waals surface area contributed by atoms with E-state index in [4.69, 9.17) is 14.2 Å². The summed E-state index contributed by atoms with van der Waals surface area (Å²) in [6.07, 6.45) is 0. The van der Waals surface area contributed by atoms with E-state index in [-0.39, 0.29) is 5.91 Å². The lowest BCUT2D eigenvalue weighted by molar-refractivity contribution is 0.0984. The molecule has 0 N–H and O–H groups in total. The number of aryl methyl sites for hydroxylation is 1. The smallest absolute Gasteiger partial charge is 0.279 e. The maximum atomic E-state index is 13.3. The van der Waals surface area contributed by atoms with Gasteiger partial charge in [-0.05, 0) is 24.3 Å². The molecular weight excluding hydrogens is 358 g/mol. The molecule has 144 valence electrons. The first kappa shape index (κ1) is 17.9. The number of ether oxygens (including phenoxy) is 3. The van der Waals surface area contributed by atoms with Crippen LogP contribution < -0.4 is 19.1 Å². The Hall–Kier alpha value is -3.48. The highest BCUT2D eigenvalue weighted by Gasteiger charge is 2.30. The fourth-order valence-electron chi connectivity index (χ4n) is 3.48. The number of hydrogen-bond donors (Lipinski definition) is 0. The van der Waals surface area contributed by atoms with Crippen molar-refractivity contribution in [2.45, 2.75) is 6.61 Å². The van der Waals surface area contributed by atoms with E-state index >= 15 is 0 Å². The second-order valence-electron chi connectivity index (χ2n) is 6.49. The van der Waals surface area contributed by atoms with Gasteiger partial charge in [0, 0.05) is 31.3 Å². The number of fused-ring (bicyclic) bond motifs is 3. The molecule has 0 atom stereocenters. The summed E-state index contributed by atoms with van der Waals surface area (Å²) < 4.78 is 18.3. The van der Waals surface area contributed by atoms with Gasteiger partial charge in [-0.25, -0.2) is 0 Å². The van der Waals surface area contributed by atoms with E-state index in [1.54, 1.807) is 44.1 Å². The van der Waals surface area contributed by atoms with Gasteiger partial charge in [-0.3, -0.25) is 9.48 Å². The molecule has 0 saturated heterocycles. The number of hydrogen-bond acceptors (Lipinski definition) is 5. The van der Waals surface area contributed by atoms with Crippen LogP contribution in [0.3, 0.4) is 0 Å². The number of methoxy groups -OCH3 is 2. The van der Waals surface area contributed by atoms with Gasteiger partial charge >= 0.3 is 0 Å². The molecule has 1 amide bonds. The average Bonchev–Trinajstić information content (AvgIpc) is 3.09. The van der Waals surface area contributed by atoms with E-state index in [2.05, 4.69) is 5.10 Å². The fourth-order valence-corrected chi connectivity index (χ4v) is 3.48. The Balaban J connectivity index is 1.75. The zero-order chi connectivity index (χ0) is 19.8. The van der Waals surface area contributed by atoms with Crippen LogP contribution in [0.15, 0.2) is 42.5 Å². The largest absolute Gasteiger partial charge is 0.497 e. The maximum absolute atomic E-state index is 13.3. The Labute approximate surface area is 163 Å². The minimum atomic E-state index is -0.233. The minimum absolute atomic E-state index is 0.233. The molecule has 7 nitrogen and oxygen atoms in total. The topological polar surface area (TPSA) is 65.8 Å². The van der Waals surface area contributed by atoms with E-state index in [0.29, 0.717) is 29.5 Å². The van der Waals surface area contributed by atoms with Crippen LogP contribution >= 0.6 is 0 Å². The van der Waals surface area contributed by atoms with Crippen molar-refractivity contribution in [3.63, 3.8) is 0 Å². The molecule has 7 heteroatoms. The Kier molecular flexibility index (Phi) is 4.43. The molecule has 2 heterocycles. The molecule has 1 aliphatic heterocycles. The summed E-state index contributed by atoms with van der Waals surface area (Å²) in [5.74, 6) is 1.76. The van der Waals surface area contributed by atoms with Crippen LogP contribution in [0.4, 0.5) is 5.69 Å². The zero-order valence-electron chi connectivity index (χ0n) is 16.2. The molecule has 0 radical (unpaired) electrons. The summed E-state index contributed by atoms with van der Waals surface area (Å²) in [7, 11) is 6.68. The maximum Gasteiger partial charge on any atom is 0.279 e. The van der Waals surface area contributed by atoms with Crippen LogP contribution in [0.25, 0.3) is 11.3 Å². The number of nitrogens with zero attached hydrogens (tertiary/aromatic N) is 3. The average molecular weight is 379 g/mol. The third-order valence-corrected chi connectivity index (χ3v) is 4.91. The van der Waals surface area contributed by atoms with Crippen LogP contribution in [0.2, 0.25) is 0 Å². The highest BCUT2D eigenvalue weighted by molar-refractivity contribution is 6.07. The van der Waals surface area contributed by atoms with E-state index < -0.39 is 0 Å². The van der Waals surface area contributed by atoms with Gasteiger partial charge in [0.05, 0.1) is 25.6 Å². The first-order valence-electron chi connectivity index (χ1n) is 8.83. The van der Waals surface area contributed by atoms with Gasteiger partial charge in [0.15, 0.2) is 5.69 Å². The summed E-state index contributed by atoms with van der Waals surface area (Å²) in [6, 6.07) is 13.1. The van der Waals surface area contributed by atoms with Crippen molar-refractivity contribution in [2.24, 2.45) is 7.05 Å². The fraction of sp³-hybridized carbons (Fsp3) is 0.238. The van der Waals surface area contributed by atoms with Gasteiger partial charge in [0.1, 0.15) is 23.9 Å². The summed E-state index contributed by atoms with van der Waals surface area (Å²) in [4.78, 5) is 14.8. The Morgan fingerprint density at radius 1 is 1.18 bits per heavy atom. The first-order valence-corrected chi connectivity index (χ1v) is 8.83. The lowest BCUT2D eigenvalue weighted by Crippen LogP contribution is -2.28. The second-order valence-corrected chi connectivity index (χ2v) is 6.49. The van der Waals surface area contributed by atoms with Crippen molar-refractivity contribution < 1.29 is 19.0 Å². The number of carbonyl (C=O) groups excluding carboxylic acids is 1. The van der Waals surface area contributed by atoms with Gasteiger partial charge < -0.3 is 19.1 Å². The summed E-state index contributed by atoms with van der Waals surface area (Å²) in [6.45, 7) is 0.300. The van der Waals surface area contributed by atoms with Crippen molar-refractivity contribution in [1.29, 1.82) is 0 Å². The van der Waals surface area contributed by atoms with Crippen molar-refractivity contribution in [3.8, 4) is 28.5 Å². The first-order chi connectivity index (χ1) is 13.5. The van der Waals surface area contributed by atoms with Crippen molar-refractivity contribution in [2.75, 3.05) is 26.2 Å². The molecule has 1 aliphatic rings. The van der Waals surface area contributed by atoms with Crippen LogP contribution in [0.5, 0.6) is 17.2 Å². The molecule has 28 heavy (non-hydrogen) atoms. The number of para-hydroxylation sites is 1. The number of carbonyl (C=O) groups is 1. The molecule has 0 bridgehead atoms. The predicted molar refractivity (Wildman–Crippen MR) is 105 cm³/mol. The number of rotatable bonds is 4. The van der Waals surface area contributed by atoms with E-state index in [0.717, 1.165) is 22.6 Å². The van der Waals surface area contributed by atoms with Crippen LogP contribution in [0.1, 0.15) is 16.1 Å². The molecule has 4 rings (SSSR count). The molecule has 3 aromatic rings. The van der Waals surface area contributed by atoms with E-state index in [9.17, 15) is 4.79 Å². The Morgan fingerprint density at radius 3 is 2.71 bits per heavy atom. The summed E-state index contributed by atoms with van der Waals surface area (Å²) in [5.41, 5.74) is 3.62. The van der Waals surface area contributed by atoms with Gasteiger partial charge in [0.2, 0.25) is 0 Å². The molecule has 0 fully saturated rings. The summed E-state index contributed by atoms with van der Waals surface area (Å²) >= 11 is 0. The lowest BCUT2D eigenvalue weighted by Gasteiger charge is -2.21. The third kappa shape index (κ3) is 2.76. The number of benzene rings is 2. The minimum Gasteiger partial charge on any atom is -0.497 e. The molecule has 0 unspecified atom stereocenters. The lowest BCUT2D eigenvalue weighted by atomic mass is 10.0.